The van der Waals surface area contributed by atoms with E-state index in [1.54, 1.807) is 0 Å². The van der Waals surface area contributed by atoms with Crippen molar-refractivity contribution in [1.29, 1.82) is 0 Å². The third-order valence-corrected chi connectivity index (χ3v) is 3.63. The van der Waals surface area contributed by atoms with Crippen molar-refractivity contribution in [3.05, 3.63) is 0 Å². The Kier molecular flexibility index (Phi) is 5.89. The van der Waals surface area contributed by atoms with E-state index in [9.17, 15) is 0 Å². The monoisotopic (exact) mass is 255 g/mol. The van der Waals surface area contributed by atoms with Crippen LogP contribution in [0, 0.1) is 17.8 Å². The molecule has 17 heavy (non-hydrogen) atoms. The van der Waals surface area contributed by atoms with Crippen LogP contribution < -0.4 is 10.7 Å². The third-order valence-electron chi connectivity index (χ3n) is 3.40. The number of nitrogens with zero attached hydrogens (tertiary/aromatic N) is 1. The predicted octanol–water partition coefficient (Wildman–Crippen LogP) is 2.92. The Morgan fingerprint density at radius 2 is 2.18 bits per heavy atom. The van der Waals surface area contributed by atoms with Crippen molar-refractivity contribution in [2.75, 3.05) is 6.54 Å². The molecule has 2 N–H and O–H groups in total. The molecule has 0 radical (unpaired) electrons. The van der Waals surface area contributed by atoms with E-state index in [1.165, 1.54) is 18.6 Å². The normalized spacial score (nSPS) is 27.2. The predicted molar refractivity (Wildman–Crippen MR) is 78.2 cm³/mol. The summed E-state index contributed by atoms with van der Waals surface area (Å²) in [5.41, 5.74) is 4.26. The molecule has 1 fully saturated rings. The molecule has 0 aromatic rings. The third kappa shape index (κ3) is 4.62. The number of rotatable bonds is 3. The fraction of sp³-hybridized carbons (Fsp3) is 0.846. The van der Waals surface area contributed by atoms with Gasteiger partial charge in [0.05, 0.1) is 0 Å². The Balaban J connectivity index is 2.62. The molecule has 2 atom stereocenters. The Hall–Kier alpha value is -0.640. The van der Waals surface area contributed by atoms with E-state index >= 15 is 0 Å². The first-order chi connectivity index (χ1) is 8.04. The van der Waals surface area contributed by atoms with Crippen LogP contribution in [0.25, 0.3) is 0 Å². The molecule has 0 saturated heterocycles. The van der Waals surface area contributed by atoms with Crippen LogP contribution in [0.3, 0.4) is 0 Å². The summed E-state index contributed by atoms with van der Waals surface area (Å²) < 4.78 is 0. The zero-order valence-electron chi connectivity index (χ0n) is 11.4. The Bertz CT molecular complexity index is 286. The zero-order valence-corrected chi connectivity index (χ0v) is 12.2. The maximum absolute atomic E-state index is 5.13. The molecular formula is C13H25N3S. The largest absolute Gasteiger partial charge is 0.362 e. The molecule has 0 aromatic carbocycles. The summed E-state index contributed by atoms with van der Waals surface area (Å²) in [6.07, 6.45) is 3.68. The molecule has 1 aliphatic carbocycles. The lowest BCUT2D eigenvalue weighted by atomic mass is 9.76. The van der Waals surface area contributed by atoms with Gasteiger partial charge in [0, 0.05) is 18.2 Å². The highest BCUT2D eigenvalue weighted by molar-refractivity contribution is 7.80. The second-order valence-electron chi connectivity index (χ2n) is 5.31. The minimum absolute atomic E-state index is 0.614. The first kappa shape index (κ1) is 14.4. The highest BCUT2D eigenvalue weighted by Gasteiger charge is 2.27. The average molecular weight is 255 g/mol. The molecule has 0 bridgehead atoms. The lowest BCUT2D eigenvalue weighted by molar-refractivity contribution is 0.363. The maximum Gasteiger partial charge on any atom is 0.186 e. The molecule has 3 nitrogen and oxygen atoms in total. The van der Waals surface area contributed by atoms with Crippen molar-refractivity contribution >= 4 is 23.0 Å². The molecule has 4 heteroatoms. The zero-order chi connectivity index (χ0) is 12.8. The van der Waals surface area contributed by atoms with E-state index in [2.05, 4.69) is 36.6 Å². The van der Waals surface area contributed by atoms with Gasteiger partial charge in [-0.25, -0.2) is 0 Å². The van der Waals surface area contributed by atoms with Gasteiger partial charge in [-0.1, -0.05) is 20.8 Å². The summed E-state index contributed by atoms with van der Waals surface area (Å²) in [6.45, 7) is 9.72. The molecule has 0 aliphatic heterocycles. The van der Waals surface area contributed by atoms with Crippen molar-refractivity contribution in [1.82, 2.24) is 10.7 Å². The van der Waals surface area contributed by atoms with Gasteiger partial charge in [0.1, 0.15) is 0 Å². The van der Waals surface area contributed by atoms with Crippen LogP contribution in [0.15, 0.2) is 5.10 Å². The lowest BCUT2D eigenvalue weighted by Gasteiger charge is -2.30. The van der Waals surface area contributed by atoms with Gasteiger partial charge in [-0.3, -0.25) is 5.43 Å². The molecule has 0 spiro atoms. The summed E-state index contributed by atoms with van der Waals surface area (Å²) >= 11 is 5.13. The Morgan fingerprint density at radius 1 is 1.47 bits per heavy atom. The van der Waals surface area contributed by atoms with Gasteiger partial charge in [-0.15, -0.1) is 0 Å². The summed E-state index contributed by atoms with van der Waals surface area (Å²) in [4.78, 5) is 0. The van der Waals surface area contributed by atoms with Gasteiger partial charge in [0.2, 0.25) is 0 Å². The summed E-state index contributed by atoms with van der Waals surface area (Å²) in [7, 11) is 0. The van der Waals surface area contributed by atoms with Crippen molar-refractivity contribution < 1.29 is 0 Å². The molecule has 1 saturated carbocycles. The fourth-order valence-corrected chi connectivity index (χ4v) is 2.60. The number of hydrogen-bond acceptors (Lipinski definition) is 2. The minimum Gasteiger partial charge on any atom is -0.362 e. The average Bonchev–Trinajstić information content (AvgIpc) is 2.26. The summed E-state index contributed by atoms with van der Waals surface area (Å²) in [6, 6.07) is 0. The molecular weight excluding hydrogens is 230 g/mol. The van der Waals surface area contributed by atoms with Crippen LogP contribution in [0.1, 0.15) is 47.0 Å². The van der Waals surface area contributed by atoms with Gasteiger partial charge >= 0.3 is 0 Å². The Labute approximate surface area is 110 Å². The Morgan fingerprint density at radius 3 is 2.76 bits per heavy atom. The van der Waals surface area contributed by atoms with Crippen molar-refractivity contribution in [3.63, 3.8) is 0 Å². The van der Waals surface area contributed by atoms with Crippen LogP contribution in [0.4, 0.5) is 0 Å². The molecule has 0 heterocycles. The standard InChI is InChI=1S/C13H25N3S/c1-5-14-13(17)16-15-12-8-10(4)6-7-11(12)9(2)3/h9-11H,5-8H2,1-4H3,(H2,14,16,17)/b15-12-/t10-,11-/m1/s1. The van der Waals surface area contributed by atoms with E-state index in [4.69, 9.17) is 12.2 Å². The number of nitrogens with one attached hydrogen (secondary N) is 2. The van der Waals surface area contributed by atoms with E-state index in [0.29, 0.717) is 16.9 Å². The fourth-order valence-electron chi connectivity index (χ4n) is 2.41. The SMILES string of the molecule is CCNC(=S)N/N=C1/C[C@H](C)CC[C@@H]1C(C)C. The smallest absolute Gasteiger partial charge is 0.186 e. The molecule has 0 unspecified atom stereocenters. The first-order valence-electron chi connectivity index (χ1n) is 6.64. The van der Waals surface area contributed by atoms with E-state index in [1.807, 2.05) is 6.92 Å². The highest BCUT2D eigenvalue weighted by Crippen LogP contribution is 2.31. The van der Waals surface area contributed by atoms with E-state index < -0.39 is 0 Å². The number of hydrogen-bond donors (Lipinski definition) is 2. The van der Waals surface area contributed by atoms with Crippen LogP contribution in [0.5, 0.6) is 0 Å². The van der Waals surface area contributed by atoms with Gasteiger partial charge < -0.3 is 5.32 Å². The van der Waals surface area contributed by atoms with Gasteiger partial charge in [0.25, 0.3) is 0 Å². The lowest BCUT2D eigenvalue weighted by Crippen LogP contribution is -2.35. The summed E-state index contributed by atoms with van der Waals surface area (Å²) in [5.74, 6) is 2.03. The van der Waals surface area contributed by atoms with Crippen LogP contribution >= 0.6 is 12.2 Å². The van der Waals surface area contributed by atoms with Crippen LogP contribution in [0.2, 0.25) is 0 Å². The van der Waals surface area contributed by atoms with Gasteiger partial charge in [-0.05, 0) is 50.2 Å². The molecule has 0 aromatic heterocycles. The van der Waals surface area contributed by atoms with Crippen LogP contribution in [-0.4, -0.2) is 17.4 Å². The van der Waals surface area contributed by atoms with Crippen LogP contribution in [-0.2, 0) is 0 Å². The highest BCUT2D eigenvalue weighted by atomic mass is 32.1. The molecule has 98 valence electrons. The van der Waals surface area contributed by atoms with E-state index in [0.717, 1.165) is 18.9 Å². The van der Waals surface area contributed by atoms with Gasteiger partial charge in [-0.2, -0.15) is 5.10 Å². The quantitative estimate of drug-likeness (QED) is 0.601. The van der Waals surface area contributed by atoms with Gasteiger partial charge in [0.15, 0.2) is 5.11 Å². The number of hydrazone groups is 1. The van der Waals surface area contributed by atoms with E-state index in [-0.39, 0.29) is 0 Å². The maximum atomic E-state index is 5.13. The second-order valence-corrected chi connectivity index (χ2v) is 5.72. The van der Waals surface area contributed by atoms with Crippen molar-refractivity contribution in [2.24, 2.45) is 22.9 Å². The molecule has 0 amide bonds. The summed E-state index contributed by atoms with van der Waals surface area (Å²) in [5, 5.41) is 8.20. The molecule has 1 aliphatic rings. The van der Waals surface area contributed by atoms with Crippen molar-refractivity contribution in [2.45, 2.75) is 47.0 Å². The van der Waals surface area contributed by atoms with Crippen molar-refractivity contribution in [3.8, 4) is 0 Å². The molecule has 1 rings (SSSR count). The number of thiocarbonyl (C=S) groups is 1. The first-order valence-corrected chi connectivity index (χ1v) is 7.05. The minimum atomic E-state index is 0.614. The topological polar surface area (TPSA) is 36.4 Å². The second kappa shape index (κ2) is 6.94.